The molecule has 1 aliphatic heterocycles. The zero-order chi connectivity index (χ0) is 18.9. The van der Waals surface area contributed by atoms with Gasteiger partial charge >= 0.3 is 5.97 Å². The molecule has 6 heteroatoms. The largest absolute Gasteiger partial charge is 0.481 e. The average Bonchev–Trinajstić information content (AvgIpc) is 2.82. The minimum atomic E-state index is -0.742. The predicted molar refractivity (Wildman–Crippen MR) is 91.5 cm³/mol. The van der Waals surface area contributed by atoms with E-state index >= 15 is 0 Å². The van der Waals surface area contributed by atoms with E-state index < -0.39 is 16.8 Å². The summed E-state index contributed by atoms with van der Waals surface area (Å²) in [4.78, 5) is 24.6. The number of likely N-dealkylation sites (tertiary alicyclic amines) is 1. The van der Waals surface area contributed by atoms with Crippen molar-refractivity contribution in [3.8, 4) is 0 Å². The van der Waals surface area contributed by atoms with Crippen LogP contribution in [0.3, 0.4) is 0 Å². The molecule has 0 aromatic carbocycles. The van der Waals surface area contributed by atoms with Crippen LogP contribution in [-0.4, -0.2) is 59.8 Å². The van der Waals surface area contributed by atoms with E-state index in [-0.39, 0.29) is 25.5 Å². The van der Waals surface area contributed by atoms with Crippen LogP contribution in [0.4, 0.5) is 0 Å². The summed E-state index contributed by atoms with van der Waals surface area (Å²) in [7, 11) is 0. The van der Waals surface area contributed by atoms with Gasteiger partial charge in [-0.15, -0.1) is 0 Å². The maximum Gasteiger partial charge on any atom is 0.303 e. The van der Waals surface area contributed by atoms with E-state index in [4.69, 9.17) is 6.54 Å². The topological polar surface area (TPSA) is 98.1 Å². The summed E-state index contributed by atoms with van der Waals surface area (Å²) in [6.07, 6.45) is 6.20. The van der Waals surface area contributed by atoms with Crippen LogP contribution in [0.5, 0.6) is 0 Å². The fraction of sp³-hybridized carbons (Fsp3) is 0.889. The van der Waals surface area contributed by atoms with Gasteiger partial charge in [0.25, 0.3) is 0 Å². The number of hydrogen-bond donors (Lipinski definition) is 3. The van der Waals surface area contributed by atoms with E-state index in [2.05, 4.69) is 5.11 Å². The number of amides is 1. The summed E-state index contributed by atoms with van der Waals surface area (Å²) in [5.74, 6) is -0.645. The molecule has 1 rings (SSSR count). The fourth-order valence-corrected chi connectivity index (χ4v) is 3.33. The Morgan fingerprint density at radius 3 is 1.96 bits per heavy atom. The molecular weight excluding hydrogens is 310 g/mol. The molecule has 1 aliphatic rings. The number of nitrogens with zero attached hydrogens (tertiary/aromatic N) is 1. The predicted octanol–water partition coefficient (Wildman–Crippen LogP) is 2.03. The summed E-state index contributed by atoms with van der Waals surface area (Å²) < 4.78 is 7.03. The zero-order valence-electron chi connectivity index (χ0n) is 16.1. The molecule has 1 saturated heterocycles. The number of carbonyl (C=O) groups excluding carboxylic acids is 1. The highest BCUT2D eigenvalue weighted by molar-refractivity contribution is 5.76. The van der Waals surface area contributed by atoms with E-state index in [0.717, 1.165) is 38.5 Å². The van der Waals surface area contributed by atoms with Gasteiger partial charge in [0, 0.05) is 36.8 Å². The van der Waals surface area contributed by atoms with Crippen LogP contribution in [0, 0.1) is 10.8 Å². The average molecular weight is 345 g/mol. The SMILES string of the molecule is [3H]OC[C@@]1(C)CN(C(=O)CCCCCCCCC(=O)O)C[C@@]1(C)CO. The van der Waals surface area contributed by atoms with Crippen molar-refractivity contribution >= 4 is 11.9 Å². The molecule has 0 aromatic rings. The lowest BCUT2D eigenvalue weighted by Crippen LogP contribution is -2.41. The Hall–Kier alpha value is -1.14. The number of hydrogen-bond acceptors (Lipinski definition) is 4. The van der Waals surface area contributed by atoms with Gasteiger partial charge in [0.1, 0.15) is 0 Å². The fourth-order valence-electron chi connectivity index (χ4n) is 3.33. The van der Waals surface area contributed by atoms with Crippen LogP contribution in [-0.2, 0) is 9.59 Å². The number of aliphatic carboxylic acids is 1. The molecule has 0 radical (unpaired) electrons. The number of unbranched alkanes of at least 4 members (excludes halogenated alkanes) is 5. The van der Waals surface area contributed by atoms with Gasteiger partial charge in [0.05, 0.1) is 13.2 Å². The molecule has 2 atom stereocenters. The van der Waals surface area contributed by atoms with E-state index in [1.54, 1.807) is 4.90 Å². The molecule has 0 unspecified atom stereocenters. The highest BCUT2D eigenvalue weighted by Gasteiger charge is 2.52. The molecule has 24 heavy (non-hydrogen) atoms. The first-order chi connectivity index (χ1) is 11.8. The number of aliphatic hydroxyl groups excluding tert-OH is 2. The molecule has 0 aromatic heterocycles. The molecule has 0 saturated carbocycles. The number of carbonyl (C=O) groups is 2. The van der Waals surface area contributed by atoms with E-state index in [1.165, 1.54) is 0 Å². The lowest BCUT2D eigenvalue weighted by molar-refractivity contribution is -0.137. The molecule has 0 bridgehead atoms. The molecule has 1 amide bonds. The summed E-state index contributed by atoms with van der Waals surface area (Å²) >= 11 is 0. The summed E-state index contributed by atoms with van der Waals surface area (Å²) in [6.45, 7) is 5.07. The smallest absolute Gasteiger partial charge is 0.303 e. The third-order valence-corrected chi connectivity index (χ3v) is 5.59. The second-order valence-corrected chi connectivity index (χ2v) is 7.69. The van der Waals surface area contributed by atoms with Gasteiger partial charge in [-0.2, -0.15) is 0 Å². The van der Waals surface area contributed by atoms with Gasteiger partial charge in [-0.1, -0.05) is 39.5 Å². The van der Waals surface area contributed by atoms with E-state index in [1.807, 2.05) is 13.8 Å². The molecule has 1 fully saturated rings. The van der Waals surface area contributed by atoms with E-state index in [0.29, 0.717) is 19.5 Å². The highest BCUT2D eigenvalue weighted by Crippen LogP contribution is 2.45. The van der Waals surface area contributed by atoms with Gasteiger partial charge in [-0.25, -0.2) is 0 Å². The van der Waals surface area contributed by atoms with Crippen molar-refractivity contribution in [2.24, 2.45) is 10.8 Å². The Morgan fingerprint density at radius 1 is 0.958 bits per heavy atom. The first kappa shape index (κ1) is 19.2. The number of aliphatic hydroxyl groups is 2. The second kappa shape index (κ2) is 9.37. The van der Waals surface area contributed by atoms with E-state index in [9.17, 15) is 14.7 Å². The molecule has 0 spiro atoms. The Bertz CT molecular complexity index is 447. The Labute approximate surface area is 146 Å². The lowest BCUT2D eigenvalue weighted by Gasteiger charge is -2.36. The first-order valence-corrected chi connectivity index (χ1v) is 8.96. The Balaban J connectivity index is 2.28. The minimum Gasteiger partial charge on any atom is -0.481 e. The number of carboxylic acid groups (broad SMARTS) is 1. The third kappa shape index (κ3) is 5.45. The normalized spacial score (nSPS) is 27.3. The van der Waals surface area contributed by atoms with Crippen LogP contribution in [0.1, 0.15) is 65.2 Å². The van der Waals surface area contributed by atoms with Gasteiger partial charge < -0.3 is 20.2 Å². The first-order valence-electron chi connectivity index (χ1n) is 9.37. The standard InChI is InChI=1S/C18H33NO5/c1-17(13-20)11-19(12-18(17,2)14-21)15(22)9-7-5-3-4-6-8-10-16(23)24/h20-21H,3-14H2,1-2H3,(H,23,24)/t17-,18+/i20T/m1/s1. The summed E-state index contributed by atoms with van der Waals surface area (Å²) in [5, 5.41) is 22.9. The van der Waals surface area contributed by atoms with Crippen molar-refractivity contribution in [2.75, 3.05) is 26.3 Å². The monoisotopic (exact) mass is 345 g/mol. The quantitative estimate of drug-likeness (QED) is 0.470. The molecule has 1 heterocycles. The van der Waals surface area contributed by atoms with Crippen LogP contribution < -0.4 is 0 Å². The van der Waals surface area contributed by atoms with Gasteiger partial charge in [-0.3, -0.25) is 9.59 Å². The third-order valence-electron chi connectivity index (χ3n) is 5.59. The Kier molecular flexibility index (Phi) is 7.49. The van der Waals surface area contributed by atoms with Crippen LogP contribution in [0.15, 0.2) is 0 Å². The van der Waals surface area contributed by atoms with Crippen molar-refractivity contribution in [1.29, 1.82) is 1.43 Å². The summed E-state index contributed by atoms with van der Waals surface area (Å²) in [6, 6.07) is 0. The van der Waals surface area contributed by atoms with Crippen molar-refractivity contribution in [3.05, 3.63) is 0 Å². The van der Waals surface area contributed by atoms with Gasteiger partial charge in [0.15, 0.2) is 0 Å². The van der Waals surface area contributed by atoms with Crippen molar-refractivity contribution in [1.82, 2.24) is 4.90 Å². The number of rotatable bonds is 12. The van der Waals surface area contributed by atoms with Gasteiger partial charge in [0.2, 0.25) is 7.34 Å². The Morgan fingerprint density at radius 2 is 1.46 bits per heavy atom. The molecule has 3 N–H and O–H groups in total. The van der Waals surface area contributed by atoms with Crippen molar-refractivity contribution in [2.45, 2.75) is 65.2 Å². The maximum atomic E-state index is 12.4. The number of carboxylic acids is 1. The summed E-state index contributed by atoms with van der Waals surface area (Å²) in [5.41, 5.74) is -0.864. The van der Waals surface area contributed by atoms with Crippen LogP contribution in [0.2, 0.25) is 0 Å². The van der Waals surface area contributed by atoms with Crippen LogP contribution in [0.25, 0.3) is 0 Å². The molecular formula is C18H33NO5. The maximum absolute atomic E-state index is 12.4. The van der Waals surface area contributed by atoms with Crippen molar-refractivity contribution < 1.29 is 24.9 Å². The minimum absolute atomic E-state index is 0.0347. The van der Waals surface area contributed by atoms with Crippen molar-refractivity contribution in [3.63, 3.8) is 0 Å². The second-order valence-electron chi connectivity index (χ2n) is 7.69. The zero-order valence-corrected chi connectivity index (χ0v) is 15.1. The molecule has 140 valence electrons. The van der Waals surface area contributed by atoms with Gasteiger partial charge in [-0.05, 0) is 12.8 Å². The highest BCUT2D eigenvalue weighted by atomic mass is 16.4. The molecule has 6 nitrogen and oxygen atoms in total. The van der Waals surface area contributed by atoms with Crippen LogP contribution >= 0.6 is 0 Å². The lowest BCUT2D eigenvalue weighted by atomic mass is 9.69. The molecule has 0 aliphatic carbocycles.